The van der Waals surface area contributed by atoms with Crippen molar-refractivity contribution >= 4 is 28.8 Å². The Hall–Kier alpha value is -2.60. The Balaban J connectivity index is 1.92. The number of nitrogens with one attached hydrogen (secondary N) is 1. The summed E-state index contributed by atoms with van der Waals surface area (Å²) in [7, 11) is 1.56. The van der Waals surface area contributed by atoms with E-state index >= 15 is 0 Å². The Morgan fingerprint density at radius 2 is 1.96 bits per heavy atom. The van der Waals surface area contributed by atoms with E-state index in [1.807, 2.05) is 0 Å². The molecule has 0 saturated heterocycles. The number of ketones is 1. The standard InChI is InChI=1S/C16H15ClN2O4/c1-23-13-5-2-11(3-6-13)16(20)8-9-18-12-4-7-14(17)15(10-12)19(21)22/h2-7,10,18H,8-9H2,1H3. The third-order valence-corrected chi connectivity index (χ3v) is 3.56. The molecule has 0 fully saturated rings. The highest BCUT2D eigenvalue weighted by Crippen LogP contribution is 2.27. The van der Waals surface area contributed by atoms with Crippen molar-refractivity contribution in [2.75, 3.05) is 19.0 Å². The van der Waals surface area contributed by atoms with Crippen LogP contribution >= 0.6 is 11.6 Å². The van der Waals surface area contributed by atoms with Gasteiger partial charge in [-0.3, -0.25) is 14.9 Å². The molecule has 0 heterocycles. The monoisotopic (exact) mass is 334 g/mol. The van der Waals surface area contributed by atoms with Gasteiger partial charge in [-0.2, -0.15) is 0 Å². The minimum absolute atomic E-state index is 0.0244. The zero-order chi connectivity index (χ0) is 16.8. The minimum Gasteiger partial charge on any atom is -0.497 e. The molecule has 120 valence electrons. The molecule has 0 aliphatic rings. The van der Waals surface area contributed by atoms with Crippen molar-refractivity contribution in [3.63, 3.8) is 0 Å². The van der Waals surface area contributed by atoms with Crippen LogP contribution in [0.3, 0.4) is 0 Å². The van der Waals surface area contributed by atoms with E-state index in [2.05, 4.69) is 5.32 Å². The fourth-order valence-corrected chi connectivity index (χ4v) is 2.19. The number of ether oxygens (including phenoxy) is 1. The molecule has 23 heavy (non-hydrogen) atoms. The first kappa shape index (κ1) is 16.8. The van der Waals surface area contributed by atoms with E-state index in [1.165, 1.54) is 12.1 Å². The molecule has 2 aromatic carbocycles. The number of hydrogen-bond donors (Lipinski definition) is 1. The molecule has 2 rings (SSSR count). The summed E-state index contributed by atoms with van der Waals surface area (Å²) in [6.45, 7) is 0.365. The van der Waals surface area contributed by atoms with Gasteiger partial charge in [0.05, 0.1) is 12.0 Å². The number of nitro groups is 1. The third-order valence-electron chi connectivity index (χ3n) is 3.24. The SMILES string of the molecule is COc1ccc(C(=O)CCNc2ccc(Cl)c([N+](=O)[O-])c2)cc1. The molecule has 0 atom stereocenters. The van der Waals surface area contributed by atoms with Crippen LogP contribution in [0.1, 0.15) is 16.8 Å². The fourth-order valence-electron chi connectivity index (χ4n) is 2.00. The summed E-state index contributed by atoms with van der Waals surface area (Å²) >= 11 is 5.75. The lowest BCUT2D eigenvalue weighted by atomic mass is 10.1. The van der Waals surface area contributed by atoms with Gasteiger partial charge in [0, 0.05) is 30.3 Å². The zero-order valence-electron chi connectivity index (χ0n) is 12.4. The summed E-state index contributed by atoms with van der Waals surface area (Å²) < 4.78 is 5.04. The summed E-state index contributed by atoms with van der Waals surface area (Å²) in [5, 5.41) is 13.9. The van der Waals surface area contributed by atoms with Crippen LogP contribution in [-0.2, 0) is 0 Å². The molecule has 0 aliphatic heterocycles. The molecule has 0 aliphatic carbocycles. The van der Waals surface area contributed by atoms with Gasteiger partial charge in [-0.15, -0.1) is 0 Å². The van der Waals surface area contributed by atoms with Crippen LogP contribution in [0.25, 0.3) is 0 Å². The molecule has 2 aromatic rings. The van der Waals surface area contributed by atoms with Crippen LogP contribution in [0.4, 0.5) is 11.4 Å². The summed E-state index contributed by atoms with van der Waals surface area (Å²) in [4.78, 5) is 22.3. The number of benzene rings is 2. The lowest BCUT2D eigenvalue weighted by Gasteiger charge is -2.07. The van der Waals surface area contributed by atoms with Gasteiger partial charge in [-0.25, -0.2) is 0 Å². The minimum atomic E-state index is -0.546. The Morgan fingerprint density at radius 3 is 2.57 bits per heavy atom. The molecule has 0 unspecified atom stereocenters. The largest absolute Gasteiger partial charge is 0.497 e. The van der Waals surface area contributed by atoms with E-state index < -0.39 is 4.92 Å². The number of nitrogens with zero attached hydrogens (tertiary/aromatic N) is 1. The number of rotatable bonds is 7. The highest BCUT2D eigenvalue weighted by atomic mass is 35.5. The Kier molecular flexibility index (Phi) is 5.54. The van der Waals surface area contributed by atoms with Gasteiger partial charge in [-0.1, -0.05) is 11.6 Å². The maximum absolute atomic E-state index is 12.1. The van der Waals surface area contributed by atoms with Crippen LogP contribution in [0, 0.1) is 10.1 Å². The van der Waals surface area contributed by atoms with Crippen LogP contribution < -0.4 is 10.1 Å². The average molecular weight is 335 g/mol. The average Bonchev–Trinajstić information content (AvgIpc) is 2.56. The van der Waals surface area contributed by atoms with Gasteiger partial charge in [0.25, 0.3) is 5.69 Å². The van der Waals surface area contributed by atoms with Gasteiger partial charge in [0.15, 0.2) is 5.78 Å². The van der Waals surface area contributed by atoms with Gasteiger partial charge >= 0.3 is 0 Å². The second kappa shape index (κ2) is 7.60. The van der Waals surface area contributed by atoms with Crippen molar-refractivity contribution in [3.05, 3.63) is 63.2 Å². The van der Waals surface area contributed by atoms with Gasteiger partial charge in [-0.05, 0) is 36.4 Å². The van der Waals surface area contributed by atoms with E-state index in [1.54, 1.807) is 37.4 Å². The van der Waals surface area contributed by atoms with Crippen molar-refractivity contribution < 1.29 is 14.5 Å². The second-order valence-electron chi connectivity index (χ2n) is 4.75. The molecule has 7 heteroatoms. The van der Waals surface area contributed by atoms with Gasteiger partial charge < -0.3 is 10.1 Å². The predicted octanol–water partition coefficient (Wildman–Crippen LogP) is 3.94. The number of anilines is 1. The Morgan fingerprint density at radius 1 is 1.26 bits per heavy atom. The van der Waals surface area contributed by atoms with E-state index in [-0.39, 0.29) is 22.9 Å². The lowest BCUT2D eigenvalue weighted by Crippen LogP contribution is -2.09. The van der Waals surface area contributed by atoms with Crippen molar-refractivity contribution in [1.29, 1.82) is 0 Å². The number of nitro benzene ring substituents is 1. The number of Topliss-reactive ketones (excluding diaryl/α,β-unsaturated/α-hetero) is 1. The number of hydrogen-bond acceptors (Lipinski definition) is 5. The maximum Gasteiger partial charge on any atom is 0.289 e. The summed E-state index contributed by atoms with van der Waals surface area (Å²) in [5.41, 5.74) is 0.969. The molecule has 0 aromatic heterocycles. The fraction of sp³-hybridized carbons (Fsp3) is 0.188. The number of methoxy groups -OCH3 is 1. The first-order valence-electron chi connectivity index (χ1n) is 6.86. The number of halogens is 1. The normalized spacial score (nSPS) is 10.2. The Labute approximate surface area is 138 Å². The molecule has 0 spiro atoms. The van der Waals surface area contributed by atoms with E-state index in [4.69, 9.17) is 16.3 Å². The van der Waals surface area contributed by atoms with Crippen molar-refractivity contribution in [2.45, 2.75) is 6.42 Å². The van der Waals surface area contributed by atoms with Gasteiger partial charge in [0.2, 0.25) is 0 Å². The van der Waals surface area contributed by atoms with Crippen LogP contribution in [0.15, 0.2) is 42.5 Å². The topological polar surface area (TPSA) is 81.5 Å². The summed E-state index contributed by atoms with van der Waals surface area (Å²) in [5.74, 6) is 0.664. The van der Waals surface area contributed by atoms with E-state index in [9.17, 15) is 14.9 Å². The molecule has 0 bridgehead atoms. The van der Waals surface area contributed by atoms with Crippen molar-refractivity contribution in [3.8, 4) is 5.75 Å². The number of carbonyl (C=O) groups excluding carboxylic acids is 1. The Bertz CT molecular complexity index is 717. The quantitative estimate of drug-likeness (QED) is 0.471. The summed E-state index contributed by atoms with van der Waals surface area (Å²) in [6, 6.07) is 11.3. The number of carbonyl (C=O) groups is 1. The highest BCUT2D eigenvalue weighted by molar-refractivity contribution is 6.32. The van der Waals surface area contributed by atoms with E-state index in [0.29, 0.717) is 23.5 Å². The van der Waals surface area contributed by atoms with Crippen molar-refractivity contribution in [2.24, 2.45) is 0 Å². The molecule has 0 saturated carbocycles. The predicted molar refractivity (Wildman–Crippen MR) is 88.5 cm³/mol. The molecular weight excluding hydrogens is 320 g/mol. The third kappa shape index (κ3) is 4.43. The van der Waals surface area contributed by atoms with E-state index in [0.717, 1.165) is 0 Å². The van der Waals surface area contributed by atoms with Crippen LogP contribution in [0.5, 0.6) is 5.75 Å². The smallest absolute Gasteiger partial charge is 0.289 e. The first-order valence-corrected chi connectivity index (χ1v) is 7.24. The highest BCUT2D eigenvalue weighted by Gasteiger charge is 2.13. The van der Waals surface area contributed by atoms with Crippen LogP contribution in [-0.4, -0.2) is 24.4 Å². The zero-order valence-corrected chi connectivity index (χ0v) is 13.2. The lowest BCUT2D eigenvalue weighted by molar-refractivity contribution is -0.384. The second-order valence-corrected chi connectivity index (χ2v) is 5.16. The first-order chi connectivity index (χ1) is 11.0. The van der Waals surface area contributed by atoms with Gasteiger partial charge in [0.1, 0.15) is 10.8 Å². The molecule has 0 radical (unpaired) electrons. The maximum atomic E-state index is 12.1. The molecule has 0 amide bonds. The molecular formula is C16H15ClN2O4. The summed E-state index contributed by atoms with van der Waals surface area (Å²) in [6.07, 6.45) is 0.267. The molecule has 6 nitrogen and oxygen atoms in total. The van der Waals surface area contributed by atoms with Crippen LogP contribution in [0.2, 0.25) is 5.02 Å². The van der Waals surface area contributed by atoms with Crippen molar-refractivity contribution in [1.82, 2.24) is 0 Å². The molecule has 1 N–H and O–H groups in total.